The summed E-state index contributed by atoms with van der Waals surface area (Å²) in [5.74, 6) is 2.20. The van der Waals surface area contributed by atoms with Crippen LogP contribution >= 0.6 is 0 Å². The largest absolute Gasteiger partial charge is 0.426 e. The van der Waals surface area contributed by atoms with Gasteiger partial charge in [-0.2, -0.15) is 0 Å². The van der Waals surface area contributed by atoms with E-state index in [2.05, 4.69) is 59.6 Å². The van der Waals surface area contributed by atoms with Crippen molar-refractivity contribution in [2.75, 3.05) is 13.7 Å². The van der Waals surface area contributed by atoms with Crippen molar-refractivity contribution < 1.29 is 19.0 Å². The Morgan fingerprint density at radius 1 is 1.05 bits per heavy atom. The molecule has 42 heavy (non-hydrogen) atoms. The van der Waals surface area contributed by atoms with Gasteiger partial charge in [0, 0.05) is 5.54 Å². The van der Waals surface area contributed by atoms with E-state index in [1.165, 1.54) is 50.5 Å². The third kappa shape index (κ3) is 3.87. The highest BCUT2D eigenvalue weighted by Gasteiger charge is 2.70. The number of hydrogen-bond donors (Lipinski definition) is 2. The second-order valence-electron chi connectivity index (χ2n) is 16.0. The molecule has 0 heterocycles. The van der Waals surface area contributed by atoms with Crippen molar-refractivity contribution in [1.29, 1.82) is 0 Å². The van der Waals surface area contributed by atoms with Gasteiger partial charge in [-0.25, -0.2) is 4.39 Å². The number of rotatable bonds is 6. The first kappa shape index (κ1) is 30.1. The minimum Gasteiger partial charge on any atom is -0.426 e. The third-order valence-corrected chi connectivity index (χ3v) is 14.7. The van der Waals surface area contributed by atoms with E-state index >= 15 is 0 Å². The van der Waals surface area contributed by atoms with Crippen LogP contribution in [0.15, 0.2) is 36.4 Å². The predicted molar refractivity (Wildman–Crippen MR) is 166 cm³/mol. The zero-order chi connectivity index (χ0) is 30.3. The summed E-state index contributed by atoms with van der Waals surface area (Å²) in [5, 5.41) is 14.0. The molecule has 230 valence electrons. The molecule has 4 fully saturated rings. The first-order chi connectivity index (χ1) is 19.8. The third-order valence-electron chi connectivity index (χ3n) is 14.7. The Bertz CT molecular complexity index is 1300. The zero-order valence-electron chi connectivity index (χ0n) is 26.7. The van der Waals surface area contributed by atoms with Crippen molar-refractivity contribution in [3.05, 3.63) is 47.8 Å². The molecule has 5 heteroatoms. The Labute approximate surface area is 252 Å². The Hall–Kier alpha value is -1.98. The van der Waals surface area contributed by atoms with Gasteiger partial charge in [0.1, 0.15) is 0 Å². The van der Waals surface area contributed by atoms with E-state index in [-0.39, 0.29) is 46.0 Å². The summed E-state index contributed by atoms with van der Waals surface area (Å²) in [4.78, 5) is 10.8. The lowest BCUT2D eigenvalue weighted by Gasteiger charge is -2.72. The fourth-order valence-corrected chi connectivity index (χ4v) is 12.5. The number of benzene rings is 1. The maximum Gasteiger partial charge on any atom is 0.298 e. The molecular weight excluding hydrogens is 525 g/mol. The van der Waals surface area contributed by atoms with Crippen LogP contribution in [0.2, 0.25) is 0 Å². The molecule has 0 saturated heterocycles. The van der Waals surface area contributed by atoms with Crippen molar-refractivity contribution in [2.45, 2.75) is 97.9 Å². The smallest absolute Gasteiger partial charge is 0.298 e. The van der Waals surface area contributed by atoms with Crippen molar-refractivity contribution >= 4 is 12.0 Å². The lowest BCUT2D eigenvalue weighted by atomic mass is 9.33. The zero-order valence-corrected chi connectivity index (χ0v) is 26.7. The molecule has 9 atom stereocenters. The monoisotopic (exact) mass is 577 g/mol. The molecule has 2 N–H and O–H groups in total. The molecule has 0 aliphatic heterocycles. The van der Waals surface area contributed by atoms with Gasteiger partial charge in [0.2, 0.25) is 0 Å². The highest BCUT2D eigenvalue weighted by Crippen LogP contribution is 2.76. The summed E-state index contributed by atoms with van der Waals surface area (Å²) in [5.41, 5.74) is 3.89. The summed E-state index contributed by atoms with van der Waals surface area (Å²) >= 11 is 0. The number of carbonyl (C=O) groups is 1. The van der Waals surface area contributed by atoms with E-state index < -0.39 is 5.82 Å². The lowest BCUT2D eigenvalue weighted by Crippen LogP contribution is -2.67. The molecule has 0 aromatic heterocycles. The lowest BCUT2D eigenvalue weighted by molar-refractivity contribution is -0.219. The normalized spacial score (nSPS) is 43.7. The van der Waals surface area contributed by atoms with Gasteiger partial charge in [0.25, 0.3) is 6.47 Å². The maximum absolute atomic E-state index is 14.8. The molecule has 0 unspecified atom stereocenters. The Balaban J connectivity index is 1.36. The fraction of sp³-hybridized carbons (Fsp3) is 0.703. The van der Waals surface area contributed by atoms with Crippen LogP contribution in [0.4, 0.5) is 4.39 Å². The molecule has 0 amide bonds. The molecular formula is C37H52FNO3. The highest BCUT2D eigenvalue weighted by atomic mass is 19.1. The number of ether oxygens (including phenoxy) is 1. The van der Waals surface area contributed by atoms with Gasteiger partial charge in [-0.15, -0.1) is 0 Å². The minimum atomic E-state index is -0.490. The molecule has 0 radical (unpaired) electrons. The van der Waals surface area contributed by atoms with E-state index in [1.54, 1.807) is 12.1 Å². The van der Waals surface area contributed by atoms with E-state index in [0.717, 1.165) is 24.0 Å². The van der Waals surface area contributed by atoms with Crippen molar-refractivity contribution in [2.24, 2.45) is 51.2 Å². The molecule has 4 saturated carbocycles. The Morgan fingerprint density at radius 3 is 2.48 bits per heavy atom. The molecule has 0 bridgehead atoms. The molecule has 1 aromatic rings. The van der Waals surface area contributed by atoms with Gasteiger partial charge in [0.15, 0.2) is 11.6 Å². The quantitative estimate of drug-likeness (QED) is 0.266. The Morgan fingerprint density at radius 2 is 1.81 bits per heavy atom. The summed E-state index contributed by atoms with van der Waals surface area (Å²) in [6, 6.07) is 5.04. The van der Waals surface area contributed by atoms with E-state index in [1.807, 2.05) is 6.07 Å². The van der Waals surface area contributed by atoms with Gasteiger partial charge >= 0.3 is 0 Å². The molecule has 1 aromatic carbocycles. The van der Waals surface area contributed by atoms with Gasteiger partial charge < -0.3 is 15.2 Å². The number of hydrogen-bond acceptors (Lipinski definition) is 4. The number of allylic oxidation sites excluding steroid dienone is 2. The van der Waals surface area contributed by atoms with Crippen molar-refractivity contribution in [3.8, 4) is 5.75 Å². The van der Waals surface area contributed by atoms with E-state index in [4.69, 9.17) is 4.74 Å². The summed E-state index contributed by atoms with van der Waals surface area (Å²) in [7, 11) is 2.17. The van der Waals surface area contributed by atoms with Gasteiger partial charge in [-0.1, -0.05) is 53.3 Å². The second-order valence-corrected chi connectivity index (χ2v) is 16.0. The van der Waals surface area contributed by atoms with E-state index in [9.17, 15) is 14.3 Å². The first-order valence-electron chi connectivity index (χ1n) is 16.4. The minimum absolute atomic E-state index is 0.0203. The SMILES string of the molecule is C=C(CO)[C@@H]1CC[C@]2(NC)CC[C@]3(C)[C@H](CC[C@@H]4[C@@]5(C)CC=C(c6ccc(OC=O)c(F)c6)C(C)(C)[C@@H]5CC[C@]43C)[C@@H]12. The number of fused-ring (bicyclic) bond motifs is 7. The van der Waals surface area contributed by atoms with Crippen LogP contribution in [0.3, 0.4) is 0 Å². The fourth-order valence-electron chi connectivity index (χ4n) is 12.5. The van der Waals surface area contributed by atoms with Crippen molar-refractivity contribution in [1.82, 2.24) is 5.32 Å². The van der Waals surface area contributed by atoms with Gasteiger partial charge in [0.05, 0.1) is 6.61 Å². The summed E-state index contributed by atoms with van der Waals surface area (Å²) in [6.45, 7) is 17.4. The number of nitrogens with one attached hydrogen (secondary N) is 1. The van der Waals surface area contributed by atoms with Crippen molar-refractivity contribution in [3.63, 3.8) is 0 Å². The first-order valence-corrected chi connectivity index (χ1v) is 16.4. The number of aliphatic hydroxyl groups excluding tert-OH is 1. The predicted octanol–water partition coefficient (Wildman–Crippen LogP) is 7.96. The van der Waals surface area contributed by atoms with Crippen LogP contribution in [0.5, 0.6) is 5.75 Å². The van der Waals surface area contributed by atoms with Gasteiger partial charge in [-0.05, 0) is 145 Å². The second kappa shape index (κ2) is 10.0. The number of carbonyl (C=O) groups excluding carboxylic acids is 1. The number of aliphatic hydroxyl groups is 1. The summed E-state index contributed by atoms with van der Waals surface area (Å²) < 4.78 is 19.7. The van der Waals surface area contributed by atoms with Crippen LogP contribution in [0, 0.1) is 57.1 Å². The highest BCUT2D eigenvalue weighted by molar-refractivity contribution is 5.72. The van der Waals surface area contributed by atoms with Crippen LogP contribution < -0.4 is 10.1 Å². The van der Waals surface area contributed by atoms with Crippen LogP contribution in [0.1, 0.15) is 98.0 Å². The number of halogens is 1. The molecule has 5 aliphatic carbocycles. The average Bonchev–Trinajstić information content (AvgIpc) is 3.34. The van der Waals surface area contributed by atoms with Crippen LogP contribution in [-0.2, 0) is 4.79 Å². The molecule has 5 aliphatic rings. The average molecular weight is 578 g/mol. The molecule has 4 nitrogen and oxygen atoms in total. The van der Waals surface area contributed by atoms with Gasteiger partial charge in [-0.3, -0.25) is 4.79 Å². The Kier molecular flexibility index (Phi) is 7.17. The van der Waals surface area contributed by atoms with Crippen LogP contribution in [-0.4, -0.2) is 30.8 Å². The maximum atomic E-state index is 14.8. The molecule has 6 rings (SSSR count). The standard InChI is InChI=1S/C37H52FNO3/c1-23(21-40)25-12-17-37(39-7)19-18-35(5)27(32(25)37)9-11-31-34(4)15-13-26(24-8-10-29(42-22-41)28(38)20-24)33(2,3)30(34)14-16-36(31,35)6/h8,10,13,20,22,25,27,30-32,39-40H,1,9,11-12,14-19,21H2,2-7H3/t25-,27+,30-,31+,32+,34-,35+,36+,37-/m0/s1. The van der Waals surface area contributed by atoms with E-state index in [0.29, 0.717) is 29.6 Å². The summed E-state index contributed by atoms with van der Waals surface area (Å²) in [6.07, 6.45) is 13.1. The van der Waals surface area contributed by atoms with Crippen LogP contribution in [0.25, 0.3) is 5.57 Å². The molecule has 0 spiro atoms. The topological polar surface area (TPSA) is 58.6 Å².